The third-order valence-electron chi connectivity index (χ3n) is 2.94. The second kappa shape index (κ2) is 3.54. The molecular weight excluding hydrogens is 162 g/mol. The van der Waals surface area contributed by atoms with E-state index in [-0.39, 0.29) is 0 Å². The third kappa shape index (κ3) is 2.13. The van der Waals surface area contributed by atoms with Crippen LogP contribution in [0.1, 0.15) is 24.7 Å². The topological polar surface area (TPSA) is 25.2 Å². The Hall–Kier alpha value is -0.760. The predicted molar refractivity (Wildman–Crippen MR) is 52.4 cm³/mol. The molecular formula is C11H17NO. The van der Waals surface area contributed by atoms with E-state index in [4.69, 9.17) is 4.42 Å². The summed E-state index contributed by atoms with van der Waals surface area (Å²) in [6.07, 6.45) is 3.15. The maximum atomic E-state index is 5.33. The van der Waals surface area contributed by atoms with Crippen LogP contribution in [0.25, 0.3) is 0 Å². The quantitative estimate of drug-likeness (QED) is 0.767. The second-order valence-electron chi connectivity index (χ2n) is 4.13. The van der Waals surface area contributed by atoms with Crippen LogP contribution in [0.3, 0.4) is 0 Å². The lowest BCUT2D eigenvalue weighted by Crippen LogP contribution is -2.16. The Morgan fingerprint density at radius 1 is 1.62 bits per heavy atom. The second-order valence-corrected chi connectivity index (χ2v) is 4.13. The van der Waals surface area contributed by atoms with Crippen LogP contribution in [0.15, 0.2) is 16.7 Å². The minimum absolute atomic E-state index is 0.877. The minimum Gasteiger partial charge on any atom is -0.468 e. The fourth-order valence-electron chi connectivity index (χ4n) is 1.64. The van der Waals surface area contributed by atoms with Crippen molar-refractivity contribution in [3.8, 4) is 0 Å². The van der Waals surface area contributed by atoms with Gasteiger partial charge < -0.3 is 9.73 Å². The van der Waals surface area contributed by atoms with Gasteiger partial charge in [0.1, 0.15) is 5.76 Å². The first-order chi connectivity index (χ1) is 6.27. The molecule has 1 aromatic heterocycles. The van der Waals surface area contributed by atoms with Crippen molar-refractivity contribution in [2.45, 2.75) is 26.8 Å². The van der Waals surface area contributed by atoms with Crippen LogP contribution in [0.5, 0.6) is 0 Å². The highest BCUT2D eigenvalue weighted by atomic mass is 16.3. The fourth-order valence-corrected chi connectivity index (χ4v) is 1.64. The molecule has 1 aromatic rings. The van der Waals surface area contributed by atoms with Crippen molar-refractivity contribution in [1.29, 1.82) is 0 Å². The lowest BCUT2D eigenvalue weighted by atomic mass is 10.3. The van der Waals surface area contributed by atoms with Crippen LogP contribution >= 0.6 is 0 Å². The fraction of sp³-hybridized carbons (Fsp3) is 0.636. The van der Waals surface area contributed by atoms with Crippen LogP contribution in [0.2, 0.25) is 0 Å². The molecule has 1 aliphatic carbocycles. The van der Waals surface area contributed by atoms with Crippen molar-refractivity contribution < 1.29 is 4.42 Å². The van der Waals surface area contributed by atoms with Gasteiger partial charge in [-0.15, -0.1) is 0 Å². The SMILES string of the molecule is Cc1ccoc1CNCC1CC1C. The summed E-state index contributed by atoms with van der Waals surface area (Å²) in [6.45, 7) is 6.41. The summed E-state index contributed by atoms with van der Waals surface area (Å²) in [4.78, 5) is 0. The third-order valence-corrected chi connectivity index (χ3v) is 2.94. The summed E-state index contributed by atoms with van der Waals surface area (Å²) >= 11 is 0. The number of furan rings is 1. The van der Waals surface area contributed by atoms with Gasteiger partial charge in [-0.1, -0.05) is 6.92 Å². The number of aryl methyl sites for hydroxylation is 1. The molecule has 72 valence electrons. The van der Waals surface area contributed by atoms with Gasteiger partial charge in [-0.2, -0.15) is 0 Å². The van der Waals surface area contributed by atoms with Gasteiger partial charge in [0.2, 0.25) is 0 Å². The molecule has 0 aromatic carbocycles. The van der Waals surface area contributed by atoms with E-state index in [0.717, 1.165) is 30.7 Å². The van der Waals surface area contributed by atoms with E-state index in [1.54, 1.807) is 6.26 Å². The molecule has 1 heterocycles. The zero-order chi connectivity index (χ0) is 9.26. The Kier molecular flexibility index (Phi) is 2.40. The Morgan fingerprint density at radius 2 is 2.38 bits per heavy atom. The van der Waals surface area contributed by atoms with E-state index < -0.39 is 0 Å². The monoisotopic (exact) mass is 179 g/mol. The molecule has 2 rings (SSSR count). The van der Waals surface area contributed by atoms with E-state index in [2.05, 4.69) is 19.2 Å². The van der Waals surface area contributed by atoms with Gasteiger partial charge >= 0.3 is 0 Å². The largest absolute Gasteiger partial charge is 0.468 e. The molecule has 1 fully saturated rings. The van der Waals surface area contributed by atoms with Crippen molar-refractivity contribution in [1.82, 2.24) is 5.32 Å². The van der Waals surface area contributed by atoms with Crippen LogP contribution in [-0.4, -0.2) is 6.54 Å². The van der Waals surface area contributed by atoms with E-state index >= 15 is 0 Å². The molecule has 0 aliphatic heterocycles. The Bertz CT molecular complexity index is 279. The van der Waals surface area contributed by atoms with Crippen LogP contribution in [0, 0.1) is 18.8 Å². The maximum Gasteiger partial charge on any atom is 0.120 e. The van der Waals surface area contributed by atoms with E-state index in [1.165, 1.54) is 12.0 Å². The standard InChI is InChI=1S/C11H17NO/c1-8-3-4-13-11(8)7-12-6-10-5-9(10)2/h3-4,9-10,12H,5-7H2,1-2H3. The highest BCUT2D eigenvalue weighted by Crippen LogP contribution is 2.36. The zero-order valence-corrected chi connectivity index (χ0v) is 8.34. The summed E-state index contributed by atoms with van der Waals surface area (Å²) in [5.74, 6) is 2.92. The average molecular weight is 179 g/mol. The van der Waals surface area contributed by atoms with Crippen molar-refractivity contribution in [2.75, 3.05) is 6.54 Å². The van der Waals surface area contributed by atoms with Gasteiger partial charge in [-0.25, -0.2) is 0 Å². The number of hydrogen-bond acceptors (Lipinski definition) is 2. The molecule has 0 radical (unpaired) electrons. The van der Waals surface area contributed by atoms with Crippen molar-refractivity contribution in [2.24, 2.45) is 11.8 Å². The lowest BCUT2D eigenvalue weighted by molar-refractivity contribution is 0.473. The average Bonchev–Trinajstić information content (AvgIpc) is 2.63. The smallest absolute Gasteiger partial charge is 0.120 e. The molecule has 2 atom stereocenters. The molecule has 13 heavy (non-hydrogen) atoms. The van der Waals surface area contributed by atoms with Gasteiger partial charge in [0, 0.05) is 0 Å². The predicted octanol–water partition coefficient (Wildman–Crippen LogP) is 2.33. The highest BCUT2D eigenvalue weighted by Gasteiger charge is 2.31. The van der Waals surface area contributed by atoms with Crippen LogP contribution in [0.4, 0.5) is 0 Å². The molecule has 2 unspecified atom stereocenters. The molecule has 2 heteroatoms. The Morgan fingerprint density at radius 3 is 2.92 bits per heavy atom. The number of rotatable bonds is 4. The molecule has 1 saturated carbocycles. The van der Waals surface area contributed by atoms with Crippen LogP contribution in [-0.2, 0) is 6.54 Å². The first-order valence-corrected chi connectivity index (χ1v) is 5.01. The van der Waals surface area contributed by atoms with E-state index in [0.29, 0.717) is 0 Å². The number of nitrogens with one attached hydrogen (secondary N) is 1. The van der Waals surface area contributed by atoms with Gasteiger partial charge in [-0.05, 0) is 43.4 Å². The molecule has 1 N–H and O–H groups in total. The van der Waals surface area contributed by atoms with Gasteiger partial charge in [0.15, 0.2) is 0 Å². The van der Waals surface area contributed by atoms with E-state index in [1.807, 2.05) is 6.07 Å². The van der Waals surface area contributed by atoms with Crippen molar-refractivity contribution >= 4 is 0 Å². The first-order valence-electron chi connectivity index (χ1n) is 5.01. The molecule has 0 bridgehead atoms. The van der Waals surface area contributed by atoms with Crippen molar-refractivity contribution in [3.05, 3.63) is 23.7 Å². The highest BCUT2D eigenvalue weighted by molar-refractivity contribution is 5.14. The molecule has 0 spiro atoms. The lowest BCUT2D eigenvalue weighted by Gasteiger charge is -2.01. The van der Waals surface area contributed by atoms with Gasteiger partial charge in [-0.3, -0.25) is 0 Å². The van der Waals surface area contributed by atoms with Gasteiger partial charge in [0.05, 0.1) is 12.8 Å². The Balaban J connectivity index is 1.71. The Labute approximate surface area is 79.3 Å². The zero-order valence-electron chi connectivity index (χ0n) is 8.34. The first kappa shape index (κ1) is 8.82. The van der Waals surface area contributed by atoms with Gasteiger partial charge in [0.25, 0.3) is 0 Å². The molecule has 2 nitrogen and oxygen atoms in total. The van der Waals surface area contributed by atoms with E-state index in [9.17, 15) is 0 Å². The number of hydrogen-bond donors (Lipinski definition) is 1. The normalized spacial score (nSPS) is 26.3. The molecule has 1 aliphatic rings. The minimum atomic E-state index is 0.877. The maximum absolute atomic E-state index is 5.33. The summed E-state index contributed by atoms with van der Waals surface area (Å²) in [5.41, 5.74) is 1.25. The summed E-state index contributed by atoms with van der Waals surface area (Å²) in [7, 11) is 0. The summed E-state index contributed by atoms with van der Waals surface area (Å²) in [5, 5.41) is 3.43. The summed E-state index contributed by atoms with van der Waals surface area (Å²) < 4.78 is 5.33. The molecule has 0 amide bonds. The van der Waals surface area contributed by atoms with Crippen LogP contribution < -0.4 is 5.32 Å². The van der Waals surface area contributed by atoms with Crippen molar-refractivity contribution in [3.63, 3.8) is 0 Å². The summed E-state index contributed by atoms with van der Waals surface area (Å²) in [6, 6.07) is 2.01. The molecule has 0 saturated heterocycles.